The Morgan fingerprint density at radius 2 is 1.89 bits per heavy atom. The van der Waals surface area contributed by atoms with Crippen molar-refractivity contribution in [3.05, 3.63) is 28.5 Å². The molecule has 0 spiro atoms. The number of nitrogens with one attached hydrogen (secondary N) is 2. The fraction of sp³-hybridized carbons (Fsp3) is 0.636. The van der Waals surface area contributed by atoms with Crippen molar-refractivity contribution in [2.75, 3.05) is 6.54 Å². The first kappa shape index (κ1) is 28.3. The van der Waals surface area contributed by atoms with Crippen molar-refractivity contribution in [2.45, 2.75) is 58.3 Å². The Bertz CT molecular complexity index is 1210. The summed E-state index contributed by atoms with van der Waals surface area (Å²) in [4.78, 5) is 32.1. The van der Waals surface area contributed by atoms with Crippen LogP contribution < -0.4 is 10.0 Å². The zero-order valence-electron chi connectivity index (χ0n) is 20.2. The monoisotopic (exact) mass is 593 g/mol. The van der Waals surface area contributed by atoms with Crippen LogP contribution in [0.25, 0.3) is 0 Å². The highest BCUT2D eigenvalue weighted by Gasteiger charge is 2.70. The molecule has 1 aromatic heterocycles. The number of fused-ring (bicyclic) bond motifs is 1. The molecule has 1 aliphatic carbocycles. The number of nitriles is 1. The van der Waals surface area contributed by atoms with Crippen molar-refractivity contribution in [3.8, 4) is 6.07 Å². The summed E-state index contributed by atoms with van der Waals surface area (Å²) in [5.41, 5.74) is -6.77. The number of hydrogen-bond acceptors (Lipinski definition) is 6. The molecule has 1 aromatic rings. The summed E-state index contributed by atoms with van der Waals surface area (Å²) in [7, 11) is -5.83. The first-order valence-corrected chi connectivity index (χ1v) is 13.3. The van der Waals surface area contributed by atoms with E-state index in [2.05, 4.69) is 26.2 Å². The lowest BCUT2D eigenvalue weighted by atomic mass is 9.86. The van der Waals surface area contributed by atoms with Gasteiger partial charge < -0.3 is 10.2 Å². The van der Waals surface area contributed by atoms with E-state index >= 15 is 0 Å². The van der Waals surface area contributed by atoms with Crippen molar-refractivity contribution >= 4 is 37.8 Å². The highest BCUT2D eigenvalue weighted by Crippen LogP contribution is 2.65. The van der Waals surface area contributed by atoms with E-state index in [-0.39, 0.29) is 23.8 Å². The molecule has 0 radical (unpaired) electrons. The number of likely N-dealkylation sites (tertiary alicyclic amines) is 1. The zero-order valence-corrected chi connectivity index (χ0v) is 22.6. The van der Waals surface area contributed by atoms with E-state index in [0.29, 0.717) is 10.0 Å². The molecule has 1 aliphatic heterocycles. The highest BCUT2D eigenvalue weighted by molar-refractivity contribution is 9.10. The topological polar surface area (TPSA) is 132 Å². The van der Waals surface area contributed by atoms with E-state index in [1.807, 2.05) is 19.9 Å². The van der Waals surface area contributed by atoms with Gasteiger partial charge in [0.1, 0.15) is 18.1 Å². The minimum absolute atomic E-state index is 0.0740. The largest absolute Gasteiger partial charge is 0.511 e. The summed E-state index contributed by atoms with van der Waals surface area (Å²) < 4.78 is 65.1. The number of alkyl halides is 3. The number of sulfonamides is 1. The van der Waals surface area contributed by atoms with Crippen LogP contribution in [0.1, 0.15) is 46.2 Å². The summed E-state index contributed by atoms with van der Waals surface area (Å²) in [6.45, 7) is 8.18. The predicted molar refractivity (Wildman–Crippen MR) is 126 cm³/mol. The predicted octanol–water partition coefficient (Wildman–Crippen LogP) is 2.86. The minimum atomic E-state index is -5.83. The summed E-state index contributed by atoms with van der Waals surface area (Å²) in [6.07, 6.45) is 2.91. The van der Waals surface area contributed by atoms with Crippen LogP contribution in [0.3, 0.4) is 0 Å². The van der Waals surface area contributed by atoms with Gasteiger partial charge >= 0.3 is 15.5 Å². The maximum Gasteiger partial charge on any atom is 0.511 e. The fourth-order valence-corrected chi connectivity index (χ4v) is 6.08. The van der Waals surface area contributed by atoms with Crippen LogP contribution in [0.15, 0.2) is 22.9 Å². The Balaban J connectivity index is 1.92. The number of aromatic nitrogens is 1. The number of halogens is 4. The Morgan fingerprint density at radius 1 is 1.28 bits per heavy atom. The van der Waals surface area contributed by atoms with Gasteiger partial charge in [-0.2, -0.15) is 23.2 Å². The Kier molecular flexibility index (Phi) is 7.28. The molecule has 2 N–H and O–H groups in total. The van der Waals surface area contributed by atoms with Crippen molar-refractivity contribution in [1.29, 1.82) is 5.26 Å². The maximum atomic E-state index is 13.5. The van der Waals surface area contributed by atoms with Crippen molar-refractivity contribution in [3.63, 3.8) is 0 Å². The molecule has 36 heavy (non-hydrogen) atoms. The van der Waals surface area contributed by atoms with Crippen LogP contribution in [-0.4, -0.2) is 54.3 Å². The lowest BCUT2D eigenvalue weighted by Crippen LogP contribution is -2.60. The van der Waals surface area contributed by atoms with Crippen molar-refractivity contribution in [1.82, 2.24) is 19.9 Å². The number of piperidine rings is 1. The molecule has 5 atom stereocenters. The number of carbonyl (C=O) groups excluding carboxylic acids is 2. The van der Waals surface area contributed by atoms with Crippen LogP contribution >= 0.6 is 15.9 Å². The fourth-order valence-electron chi connectivity index (χ4n) is 4.80. The normalized spacial score (nSPS) is 24.9. The lowest BCUT2D eigenvalue weighted by molar-refractivity contribution is -0.143. The van der Waals surface area contributed by atoms with E-state index in [4.69, 9.17) is 0 Å². The second-order valence-corrected chi connectivity index (χ2v) is 13.4. The van der Waals surface area contributed by atoms with Crippen molar-refractivity contribution in [2.24, 2.45) is 22.7 Å². The summed E-state index contributed by atoms with van der Waals surface area (Å²) in [5, 5.41) is 12.3. The third-order valence-corrected chi connectivity index (χ3v) is 8.52. The number of hydrogen-bond donors (Lipinski definition) is 2. The number of nitrogens with zero attached hydrogens (tertiary/aromatic N) is 3. The Morgan fingerprint density at radius 3 is 2.39 bits per heavy atom. The van der Waals surface area contributed by atoms with Crippen LogP contribution in [0, 0.1) is 34.0 Å². The van der Waals surface area contributed by atoms with Gasteiger partial charge in [-0.15, -0.1) is 0 Å². The van der Waals surface area contributed by atoms with E-state index in [1.54, 1.807) is 6.07 Å². The standard InChI is InChI=1S/C22H27BrF3N5O4S/c1-20(2,3)17(30-36(34,35)22(24,25)26)19(33)31-10-13-15(21(13,4)5)16(31)18(32)29-14(7-27)11-6-12(23)9-28-8-11/h6,8-9,13-17,30H,10H2,1-5H3,(H,29,32)/t13-,14?,15-,16-,17+/m0/s1. The van der Waals surface area contributed by atoms with Gasteiger partial charge in [-0.25, -0.2) is 8.42 Å². The number of amides is 2. The third kappa shape index (κ3) is 5.24. The molecule has 2 amide bonds. The molecule has 3 rings (SSSR count). The van der Waals surface area contributed by atoms with E-state index in [0.717, 1.165) is 4.90 Å². The summed E-state index contributed by atoms with van der Waals surface area (Å²) in [5.74, 6) is -2.00. The number of carbonyl (C=O) groups is 2. The number of rotatable bonds is 6. The molecule has 14 heteroatoms. The Hall–Kier alpha value is -2.24. The van der Waals surface area contributed by atoms with Gasteiger partial charge in [-0.3, -0.25) is 14.6 Å². The number of pyridine rings is 1. The summed E-state index contributed by atoms with van der Waals surface area (Å²) in [6, 6.07) is -0.385. The second-order valence-electron chi connectivity index (χ2n) is 10.8. The van der Waals surface area contributed by atoms with Gasteiger partial charge in [0.05, 0.1) is 6.07 Å². The van der Waals surface area contributed by atoms with Crippen molar-refractivity contribution < 1.29 is 31.2 Å². The maximum absolute atomic E-state index is 13.5. The average Bonchev–Trinajstić information content (AvgIpc) is 3.08. The SMILES string of the molecule is CC(C)(C)[C@H](NS(=O)(=O)C(F)(F)F)C(=O)N1C[C@H]2[C@@H]([C@H]1C(=O)NC(C#N)c1cncc(Br)c1)C2(C)C. The minimum Gasteiger partial charge on any atom is -0.335 e. The zero-order chi connectivity index (χ0) is 27.4. The molecule has 2 aliphatic rings. The summed E-state index contributed by atoms with van der Waals surface area (Å²) >= 11 is 3.25. The smallest absolute Gasteiger partial charge is 0.335 e. The first-order valence-electron chi connectivity index (χ1n) is 11.0. The van der Waals surface area contributed by atoms with Gasteiger partial charge in [-0.05, 0) is 44.7 Å². The molecule has 1 saturated carbocycles. The van der Waals surface area contributed by atoms with Gasteiger partial charge in [-0.1, -0.05) is 34.6 Å². The van der Waals surface area contributed by atoms with E-state index < -0.39 is 50.9 Å². The van der Waals surface area contributed by atoms with Gasteiger partial charge in [0.15, 0.2) is 0 Å². The quantitative estimate of drug-likeness (QED) is 0.521. The molecule has 0 aromatic carbocycles. The van der Waals surface area contributed by atoms with Gasteiger partial charge in [0.25, 0.3) is 0 Å². The van der Waals surface area contributed by atoms with Crippen LogP contribution in [0.2, 0.25) is 0 Å². The van der Waals surface area contributed by atoms with E-state index in [1.165, 1.54) is 37.9 Å². The second kappa shape index (κ2) is 9.25. The van der Waals surface area contributed by atoms with E-state index in [9.17, 15) is 36.4 Å². The molecule has 9 nitrogen and oxygen atoms in total. The van der Waals surface area contributed by atoms with Gasteiger partial charge in [0, 0.05) is 29.0 Å². The lowest BCUT2D eigenvalue weighted by Gasteiger charge is -2.37. The van der Waals surface area contributed by atoms with Gasteiger partial charge in [0.2, 0.25) is 11.8 Å². The molecule has 1 saturated heterocycles. The molecule has 2 fully saturated rings. The molecular formula is C22H27BrF3N5O4S. The highest BCUT2D eigenvalue weighted by atomic mass is 79.9. The molecule has 2 heterocycles. The molecule has 1 unspecified atom stereocenters. The molecule has 0 bridgehead atoms. The molecule has 198 valence electrons. The van der Waals surface area contributed by atoms with Crippen LogP contribution in [0.5, 0.6) is 0 Å². The average molecular weight is 594 g/mol. The first-order chi connectivity index (χ1) is 16.3. The Labute approximate surface area is 216 Å². The molecular weight excluding hydrogens is 567 g/mol. The van der Waals surface area contributed by atoms with Crippen LogP contribution in [0.4, 0.5) is 13.2 Å². The third-order valence-electron chi connectivity index (χ3n) is 6.93. The van der Waals surface area contributed by atoms with Crippen LogP contribution in [-0.2, 0) is 19.6 Å².